The van der Waals surface area contributed by atoms with Crippen molar-refractivity contribution in [1.29, 1.82) is 0 Å². The Morgan fingerprint density at radius 2 is 1.95 bits per heavy atom. The lowest BCUT2D eigenvalue weighted by molar-refractivity contribution is -0.384. The molecule has 0 heterocycles. The van der Waals surface area contributed by atoms with Crippen molar-refractivity contribution in [2.24, 2.45) is 11.3 Å². The third-order valence-corrected chi connectivity index (χ3v) is 3.88. The molecule has 0 fully saturated rings. The SMILES string of the molecule is CC(NCC(C)(C)C(O)C(C)C)c1cccc([N+](=O)[O-])c1. The predicted octanol–water partition coefficient (Wildman–Crippen LogP) is 3.29. The van der Waals surface area contributed by atoms with Gasteiger partial charge in [0.15, 0.2) is 0 Å². The molecule has 1 rings (SSSR count). The van der Waals surface area contributed by atoms with E-state index in [0.717, 1.165) is 5.56 Å². The zero-order valence-electron chi connectivity index (χ0n) is 13.5. The fourth-order valence-corrected chi connectivity index (χ4v) is 2.45. The summed E-state index contributed by atoms with van der Waals surface area (Å²) in [6.07, 6.45) is -0.401. The van der Waals surface area contributed by atoms with E-state index in [-0.39, 0.29) is 28.0 Å². The summed E-state index contributed by atoms with van der Waals surface area (Å²) in [5, 5.41) is 24.4. The highest BCUT2D eigenvalue weighted by Gasteiger charge is 2.30. The van der Waals surface area contributed by atoms with Crippen molar-refractivity contribution >= 4 is 5.69 Å². The Hall–Kier alpha value is -1.46. The number of nitrogens with one attached hydrogen (secondary N) is 1. The first-order chi connectivity index (χ1) is 9.65. The van der Waals surface area contributed by atoms with Gasteiger partial charge in [-0.25, -0.2) is 0 Å². The summed E-state index contributed by atoms with van der Waals surface area (Å²) in [6, 6.07) is 6.63. The first kappa shape index (κ1) is 17.6. The number of nitro groups is 1. The van der Waals surface area contributed by atoms with E-state index in [1.54, 1.807) is 12.1 Å². The molecule has 1 aromatic carbocycles. The molecule has 0 aromatic heterocycles. The lowest BCUT2D eigenvalue weighted by Crippen LogP contribution is -2.42. The molecule has 0 aliphatic rings. The van der Waals surface area contributed by atoms with Gasteiger partial charge in [-0.15, -0.1) is 0 Å². The topological polar surface area (TPSA) is 75.4 Å². The van der Waals surface area contributed by atoms with Crippen molar-refractivity contribution in [3.63, 3.8) is 0 Å². The summed E-state index contributed by atoms with van der Waals surface area (Å²) in [5.41, 5.74) is 0.713. The lowest BCUT2D eigenvalue weighted by Gasteiger charge is -2.34. The average molecular weight is 294 g/mol. The molecular weight excluding hydrogens is 268 g/mol. The van der Waals surface area contributed by atoms with Crippen LogP contribution in [-0.4, -0.2) is 22.7 Å². The second-order valence-electron chi connectivity index (χ2n) is 6.63. The Labute approximate surface area is 126 Å². The Balaban J connectivity index is 2.71. The smallest absolute Gasteiger partial charge is 0.269 e. The molecule has 0 amide bonds. The molecule has 2 unspecified atom stereocenters. The van der Waals surface area contributed by atoms with E-state index in [1.165, 1.54) is 6.07 Å². The molecule has 2 N–H and O–H groups in total. The maximum atomic E-state index is 10.8. The van der Waals surface area contributed by atoms with E-state index in [2.05, 4.69) is 5.32 Å². The molecule has 0 aliphatic heterocycles. The molecule has 118 valence electrons. The Morgan fingerprint density at radius 3 is 2.48 bits per heavy atom. The molecule has 1 aromatic rings. The Kier molecular flexibility index (Phi) is 5.87. The highest BCUT2D eigenvalue weighted by Crippen LogP contribution is 2.26. The van der Waals surface area contributed by atoms with E-state index in [9.17, 15) is 15.2 Å². The summed E-state index contributed by atoms with van der Waals surface area (Å²) < 4.78 is 0. The molecule has 2 atom stereocenters. The number of rotatable bonds is 7. The molecule has 0 saturated carbocycles. The first-order valence-electron chi connectivity index (χ1n) is 7.31. The van der Waals surface area contributed by atoms with Crippen molar-refractivity contribution in [3.05, 3.63) is 39.9 Å². The van der Waals surface area contributed by atoms with Gasteiger partial charge in [-0.05, 0) is 18.4 Å². The number of hydrogen-bond donors (Lipinski definition) is 2. The monoisotopic (exact) mass is 294 g/mol. The van der Waals surface area contributed by atoms with Gasteiger partial charge in [-0.3, -0.25) is 10.1 Å². The van der Waals surface area contributed by atoms with Gasteiger partial charge in [0.05, 0.1) is 11.0 Å². The van der Waals surface area contributed by atoms with Crippen LogP contribution >= 0.6 is 0 Å². The molecule has 21 heavy (non-hydrogen) atoms. The molecule has 5 nitrogen and oxygen atoms in total. The quantitative estimate of drug-likeness (QED) is 0.597. The lowest BCUT2D eigenvalue weighted by atomic mass is 9.80. The van der Waals surface area contributed by atoms with Gasteiger partial charge in [0.25, 0.3) is 5.69 Å². The molecule has 0 radical (unpaired) electrons. The van der Waals surface area contributed by atoms with E-state index in [4.69, 9.17) is 0 Å². The van der Waals surface area contributed by atoms with Gasteiger partial charge in [0.2, 0.25) is 0 Å². The van der Waals surface area contributed by atoms with E-state index < -0.39 is 6.10 Å². The maximum Gasteiger partial charge on any atom is 0.269 e. The first-order valence-corrected chi connectivity index (χ1v) is 7.31. The Bertz CT molecular complexity index is 486. The summed E-state index contributed by atoms with van der Waals surface area (Å²) in [6.45, 7) is 10.6. The number of benzene rings is 1. The van der Waals surface area contributed by atoms with Crippen molar-refractivity contribution in [2.75, 3.05) is 6.54 Å². The van der Waals surface area contributed by atoms with Crippen molar-refractivity contribution in [2.45, 2.75) is 46.8 Å². The van der Waals surface area contributed by atoms with E-state index >= 15 is 0 Å². The van der Waals surface area contributed by atoms with Gasteiger partial charge < -0.3 is 10.4 Å². The van der Waals surface area contributed by atoms with Crippen LogP contribution in [0.2, 0.25) is 0 Å². The van der Waals surface area contributed by atoms with Gasteiger partial charge in [0.1, 0.15) is 0 Å². The van der Waals surface area contributed by atoms with Gasteiger partial charge >= 0.3 is 0 Å². The normalized spacial score (nSPS) is 15.0. The van der Waals surface area contributed by atoms with Crippen molar-refractivity contribution in [1.82, 2.24) is 5.32 Å². The zero-order chi connectivity index (χ0) is 16.2. The maximum absolute atomic E-state index is 10.8. The number of hydrogen-bond acceptors (Lipinski definition) is 4. The number of nitrogens with zero attached hydrogens (tertiary/aromatic N) is 1. The standard InChI is InChI=1S/C16H26N2O3/c1-11(2)15(19)16(4,5)10-17-12(3)13-7-6-8-14(9-13)18(20)21/h6-9,11-12,15,17,19H,10H2,1-5H3. The summed E-state index contributed by atoms with van der Waals surface area (Å²) in [7, 11) is 0. The minimum Gasteiger partial charge on any atom is -0.392 e. The second-order valence-corrected chi connectivity index (χ2v) is 6.63. The van der Waals surface area contributed by atoms with Gasteiger partial charge in [0, 0.05) is 30.1 Å². The van der Waals surface area contributed by atoms with Gasteiger partial charge in [-0.1, -0.05) is 39.8 Å². The minimum absolute atomic E-state index is 0.0106. The largest absolute Gasteiger partial charge is 0.392 e. The van der Waals surface area contributed by atoms with E-state index in [0.29, 0.717) is 6.54 Å². The van der Waals surface area contributed by atoms with Gasteiger partial charge in [-0.2, -0.15) is 0 Å². The number of nitro benzene ring substituents is 1. The van der Waals surface area contributed by atoms with Crippen LogP contribution in [0.1, 0.15) is 46.2 Å². The van der Waals surface area contributed by atoms with E-state index in [1.807, 2.05) is 40.7 Å². The third kappa shape index (κ3) is 4.79. The van der Waals surface area contributed by atoms with Crippen LogP contribution in [0, 0.1) is 21.4 Å². The van der Waals surface area contributed by atoms with Crippen LogP contribution < -0.4 is 5.32 Å². The third-order valence-electron chi connectivity index (χ3n) is 3.88. The highest BCUT2D eigenvalue weighted by molar-refractivity contribution is 5.35. The number of aliphatic hydroxyl groups excluding tert-OH is 1. The summed E-state index contributed by atoms with van der Waals surface area (Å²) >= 11 is 0. The van der Waals surface area contributed by atoms with Crippen LogP contribution in [0.5, 0.6) is 0 Å². The van der Waals surface area contributed by atoms with Crippen molar-refractivity contribution in [3.8, 4) is 0 Å². The summed E-state index contributed by atoms with van der Waals surface area (Å²) in [4.78, 5) is 10.4. The fourth-order valence-electron chi connectivity index (χ4n) is 2.45. The molecule has 0 aliphatic carbocycles. The van der Waals surface area contributed by atoms with Crippen LogP contribution in [0.25, 0.3) is 0 Å². The Morgan fingerprint density at radius 1 is 1.33 bits per heavy atom. The number of non-ortho nitro benzene ring substituents is 1. The summed E-state index contributed by atoms with van der Waals surface area (Å²) in [5.74, 6) is 0.190. The second kappa shape index (κ2) is 7.00. The van der Waals surface area contributed by atoms with Crippen molar-refractivity contribution < 1.29 is 10.0 Å². The zero-order valence-corrected chi connectivity index (χ0v) is 13.5. The molecule has 0 spiro atoms. The minimum atomic E-state index is -0.401. The van der Waals surface area contributed by atoms with Crippen LogP contribution in [0.3, 0.4) is 0 Å². The van der Waals surface area contributed by atoms with Crippen LogP contribution in [0.4, 0.5) is 5.69 Å². The van der Waals surface area contributed by atoms with Crippen LogP contribution in [-0.2, 0) is 0 Å². The van der Waals surface area contributed by atoms with Crippen LogP contribution in [0.15, 0.2) is 24.3 Å². The molecule has 0 saturated heterocycles. The predicted molar refractivity (Wildman–Crippen MR) is 84.1 cm³/mol. The molecule has 0 bridgehead atoms. The highest BCUT2D eigenvalue weighted by atomic mass is 16.6. The average Bonchev–Trinajstić information content (AvgIpc) is 2.43. The molecule has 5 heteroatoms. The number of aliphatic hydroxyl groups is 1. The fraction of sp³-hybridized carbons (Fsp3) is 0.625. The molecular formula is C16H26N2O3.